The fraction of sp³-hybridized carbons (Fsp3) is 0.368. The van der Waals surface area contributed by atoms with Crippen molar-refractivity contribution in [3.05, 3.63) is 58.5 Å². The summed E-state index contributed by atoms with van der Waals surface area (Å²) in [5.74, 6) is 1.42. The zero-order valence-electron chi connectivity index (χ0n) is 15.7. The molecule has 3 N–H and O–H groups in total. The van der Waals surface area contributed by atoms with Crippen molar-refractivity contribution in [1.29, 1.82) is 0 Å². The number of hydrogen-bond donors (Lipinski definition) is 3. The van der Waals surface area contributed by atoms with Gasteiger partial charge >= 0.3 is 0 Å². The summed E-state index contributed by atoms with van der Waals surface area (Å²) in [5, 5.41) is 9.23. The molecule has 0 saturated heterocycles. The van der Waals surface area contributed by atoms with Crippen molar-refractivity contribution in [3.8, 4) is 0 Å². The van der Waals surface area contributed by atoms with Gasteiger partial charge in [-0.2, -0.15) is 0 Å². The van der Waals surface area contributed by atoms with Gasteiger partial charge in [0.2, 0.25) is 0 Å². The molecule has 1 aromatic carbocycles. The first kappa shape index (κ1) is 24.4. The third-order valence-corrected chi connectivity index (χ3v) is 4.14. The molecule has 0 aliphatic rings. The third kappa shape index (κ3) is 9.56. The van der Waals surface area contributed by atoms with E-state index in [0.29, 0.717) is 37.8 Å². The average molecular weight is 565 g/mol. The number of ether oxygens (including phenoxy) is 1. The molecule has 0 bridgehead atoms. The quantitative estimate of drug-likeness (QED) is 0.179. The first-order valence-corrected chi connectivity index (χ1v) is 9.57. The highest BCUT2D eigenvalue weighted by Gasteiger charge is 2.04. The van der Waals surface area contributed by atoms with Crippen LogP contribution in [0.5, 0.6) is 0 Å². The fourth-order valence-electron chi connectivity index (χ4n) is 2.23. The standard InChI is InChI=1S/C19H25BrN4O3.HI/c1-21-19(23-9-3-12-26-14-17-4-2-13-27-17)24-11-10-22-18(25)15-5-7-16(20)8-6-15;/h2,4-8,13H,3,9-12,14H2,1H3,(H,22,25)(H2,21,23,24);1H. The molecule has 0 aliphatic heterocycles. The Morgan fingerprint density at radius 2 is 1.82 bits per heavy atom. The molecule has 1 heterocycles. The monoisotopic (exact) mass is 564 g/mol. The van der Waals surface area contributed by atoms with E-state index in [0.717, 1.165) is 23.2 Å². The van der Waals surface area contributed by atoms with E-state index in [1.165, 1.54) is 0 Å². The van der Waals surface area contributed by atoms with Gasteiger partial charge < -0.3 is 25.1 Å². The highest BCUT2D eigenvalue weighted by atomic mass is 127. The molecule has 28 heavy (non-hydrogen) atoms. The minimum atomic E-state index is -0.0963. The van der Waals surface area contributed by atoms with Crippen LogP contribution in [0.1, 0.15) is 22.5 Å². The molecule has 0 fully saturated rings. The van der Waals surface area contributed by atoms with Crippen LogP contribution < -0.4 is 16.0 Å². The second kappa shape index (κ2) is 14.4. The molecule has 0 radical (unpaired) electrons. The van der Waals surface area contributed by atoms with Gasteiger partial charge in [0.15, 0.2) is 5.96 Å². The van der Waals surface area contributed by atoms with Gasteiger partial charge in [0.25, 0.3) is 5.91 Å². The summed E-state index contributed by atoms with van der Waals surface area (Å²) in [6.45, 7) is 2.94. The van der Waals surface area contributed by atoms with E-state index in [4.69, 9.17) is 9.15 Å². The van der Waals surface area contributed by atoms with Crippen LogP contribution in [0, 0.1) is 0 Å². The number of carbonyl (C=O) groups is 1. The number of hydrogen-bond acceptors (Lipinski definition) is 4. The molecule has 0 aliphatic carbocycles. The van der Waals surface area contributed by atoms with Crippen molar-refractivity contribution in [2.75, 3.05) is 33.3 Å². The molecule has 0 unspecified atom stereocenters. The van der Waals surface area contributed by atoms with Crippen LogP contribution in [-0.4, -0.2) is 45.2 Å². The Morgan fingerprint density at radius 1 is 1.11 bits per heavy atom. The first-order chi connectivity index (χ1) is 13.2. The molecule has 0 atom stereocenters. The van der Waals surface area contributed by atoms with Crippen LogP contribution >= 0.6 is 39.9 Å². The lowest BCUT2D eigenvalue weighted by Gasteiger charge is -2.12. The van der Waals surface area contributed by atoms with Crippen molar-refractivity contribution < 1.29 is 13.9 Å². The Labute approximate surface area is 190 Å². The molecule has 1 amide bonds. The molecule has 0 saturated carbocycles. The van der Waals surface area contributed by atoms with Crippen molar-refractivity contribution in [2.24, 2.45) is 4.99 Å². The molecule has 9 heteroatoms. The van der Waals surface area contributed by atoms with E-state index < -0.39 is 0 Å². The predicted octanol–water partition coefficient (Wildman–Crippen LogP) is 3.16. The highest BCUT2D eigenvalue weighted by Crippen LogP contribution is 2.10. The van der Waals surface area contributed by atoms with Gasteiger partial charge in [-0.25, -0.2) is 0 Å². The summed E-state index contributed by atoms with van der Waals surface area (Å²) < 4.78 is 11.7. The van der Waals surface area contributed by atoms with Crippen molar-refractivity contribution in [1.82, 2.24) is 16.0 Å². The summed E-state index contributed by atoms with van der Waals surface area (Å²) in [4.78, 5) is 16.2. The summed E-state index contributed by atoms with van der Waals surface area (Å²) in [6, 6.07) is 11.0. The number of nitrogens with one attached hydrogen (secondary N) is 3. The molecule has 1 aromatic heterocycles. The average Bonchev–Trinajstić information content (AvgIpc) is 3.20. The third-order valence-electron chi connectivity index (χ3n) is 3.62. The topological polar surface area (TPSA) is 87.9 Å². The first-order valence-electron chi connectivity index (χ1n) is 8.77. The lowest BCUT2D eigenvalue weighted by Crippen LogP contribution is -2.42. The smallest absolute Gasteiger partial charge is 0.251 e. The Kier molecular flexibility index (Phi) is 12.6. The van der Waals surface area contributed by atoms with Crippen molar-refractivity contribution in [3.63, 3.8) is 0 Å². The van der Waals surface area contributed by atoms with E-state index in [9.17, 15) is 4.79 Å². The van der Waals surface area contributed by atoms with Gasteiger partial charge in [0.05, 0.1) is 6.26 Å². The SMILES string of the molecule is CN=C(NCCCOCc1ccco1)NCCNC(=O)c1ccc(Br)cc1.I. The molecule has 2 aromatic rings. The Balaban J connectivity index is 0.00000392. The minimum absolute atomic E-state index is 0. The maximum absolute atomic E-state index is 12.0. The van der Waals surface area contributed by atoms with Crippen molar-refractivity contribution >= 4 is 51.8 Å². The molecule has 0 spiro atoms. The predicted molar refractivity (Wildman–Crippen MR) is 124 cm³/mol. The number of halogens is 2. The molecular weight excluding hydrogens is 539 g/mol. The normalized spacial score (nSPS) is 10.9. The molecule has 7 nitrogen and oxygen atoms in total. The Morgan fingerprint density at radius 3 is 2.50 bits per heavy atom. The van der Waals surface area contributed by atoms with Gasteiger partial charge in [0, 0.05) is 43.3 Å². The van der Waals surface area contributed by atoms with Gasteiger partial charge in [-0.3, -0.25) is 9.79 Å². The van der Waals surface area contributed by atoms with Crippen LogP contribution in [0.15, 0.2) is 56.5 Å². The molecule has 154 valence electrons. The number of nitrogens with zero attached hydrogens (tertiary/aromatic N) is 1. The maximum Gasteiger partial charge on any atom is 0.251 e. The van der Waals surface area contributed by atoms with Gasteiger partial charge in [0.1, 0.15) is 12.4 Å². The Bertz CT molecular complexity index is 708. The van der Waals surface area contributed by atoms with Crippen LogP contribution in [-0.2, 0) is 11.3 Å². The van der Waals surface area contributed by atoms with E-state index in [1.807, 2.05) is 24.3 Å². The minimum Gasteiger partial charge on any atom is -0.467 e. The zero-order chi connectivity index (χ0) is 19.3. The molecular formula is C19H26BrIN4O3. The van der Waals surface area contributed by atoms with Crippen LogP contribution in [0.2, 0.25) is 0 Å². The fourth-order valence-corrected chi connectivity index (χ4v) is 2.49. The van der Waals surface area contributed by atoms with Gasteiger partial charge in [-0.15, -0.1) is 24.0 Å². The lowest BCUT2D eigenvalue weighted by molar-refractivity contribution is 0.0954. The van der Waals surface area contributed by atoms with E-state index in [-0.39, 0.29) is 29.9 Å². The van der Waals surface area contributed by atoms with Gasteiger partial charge in [-0.1, -0.05) is 15.9 Å². The number of guanidine groups is 1. The van der Waals surface area contributed by atoms with E-state index >= 15 is 0 Å². The summed E-state index contributed by atoms with van der Waals surface area (Å²) in [7, 11) is 1.71. The largest absolute Gasteiger partial charge is 0.467 e. The second-order valence-corrected chi connectivity index (χ2v) is 6.59. The number of amides is 1. The number of carbonyl (C=O) groups excluding carboxylic acids is 1. The second-order valence-electron chi connectivity index (χ2n) is 5.67. The zero-order valence-corrected chi connectivity index (χ0v) is 19.7. The highest BCUT2D eigenvalue weighted by molar-refractivity contribution is 14.0. The molecule has 2 rings (SSSR count). The summed E-state index contributed by atoms with van der Waals surface area (Å²) in [5.41, 5.74) is 0.634. The summed E-state index contributed by atoms with van der Waals surface area (Å²) >= 11 is 3.35. The van der Waals surface area contributed by atoms with Crippen LogP contribution in [0.4, 0.5) is 0 Å². The number of benzene rings is 1. The summed E-state index contributed by atoms with van der Waals surface area (Å²) in [6.07, 6.45) is 2.49. The van der Waals surface area contributed by atoms with Crippen molar-refractivity contribution in [2.45, 2.75) is 13.0 Å². The number of furan rings is 1. The maximum atomic E-state index is 12.0. The number of aliphatic imine (C=N–C) groups is 1. The van der Waals surface area contributed by atoms with Gasteiger partial charge in [-0.05, 0) is 42.8 Å². The van der Waals surface area contributed by atoms with Crippen LogP contribution in [0.25, 0.3) is 0 Å². The number of rotatable bonds is 10. The lowest BCUT2D eigenvalue weighted by atomic mass is 10.2. The van der Waals surface area contributed by atoms with E-state index in [1.54, 1.807) is 25.4 Å². The Hall–Kier alpha value is -1.59. The van der Waals surface area contributed by atoms with E-state index in [2.05, 4.69) is 36.9 Å². The van der Waals surface area contributed by atoms with Crippen LogP contribution in [0.3, 0.4) is 0 Å².